The molecule has 12 heteroatoms. The van der Waals surface area contributed by atoms with Gasteiger partial charge in [-0.25, -0.2) is 18.4 Å². The summed E-state index contributed by atoms with van der Waals surface area (Å²) < 4.78 is 33.8. The van der Waals surface area contributed by atoms with E-state index in [1.807, 2.05) is 30.1 Å². The van der Waals surface area contributed by atoms with Gasteiger partial charge >= 0.3 is 0 Å². The molecule has 3 saturated heterocycles. The van der Waals surface area contributed by atoms with Crippen molar-refractivity contribution in [2.45, 2.75) is 75.9 Å². The van der Waals surface area contributed by atoms with Gasteiger partial charge in [-0.3, -0.25) is 14.6 Å². The van der Waals surface area contributed by atoms with E-state index in [0.29, 0.717) is 41.3 Å². The Hall–Kier alpha value is -2.90. The summed E-state index contributed by atoms with van der Waals surface area (Å²) in [6, 6.07) is 11.7. The van der Waals surface area contributed by atoms with E-state index in [1.165, 1.54) is 11.2 Å². The van der Waals surface area contributed by atoms with Gasteiger partial charge in [-0.2, -0.15) is 4.31 Å². The fraction of sp³-hybridized carbons (Fsp3) is 0.571. The zero-order chi connectivity index (χ0) is 33.3. The molecule has 10 nitrogen and oxygen atoms in total. The van der Waals surface area contributed by atoms with Crippen LogP contribution in [-0.2, 0) is 10.0 Å². The summed E-state index contributed by atoms with van der Waals surface area (Å²) in [5.74, 6) is 1.07. The lowest BCUT2D eigenvalue weighted by atomic mass is 9.84. The van der Waals surface area contributed by atoms with Crippen LogP contribution in [0.25, 0.3) is 0 Å². The van der Waals surface area contributed by atoms with E-state index in [4.69, 9.17) is 4.74 Å². The van der Waals surface area contributed by atoms with Crippen molar-refractivity contribution >= 4 is 27.3 Å². The van der Waals surface area contributed by atoms with Gasteiger partial charge in [0.1, 0.15) is 12.1 Å². The number of hydrogen-bond acceptors (Lipinski definition) is 9. The smallest absolute Gasteiger partial charge is 0.257 e. The molecular formula is C35H48N6O4S2. The summed E-state index contributed by atoms with van der Waals surface area (Å²) in [5.41, 5.74) is 2.16. The molecule has 254 valence electrons. The van der Waals surface area contributed by atoms with Crippen molar-refractivity contribution in [3.05, 3.63) is 69.9 Å². The van der Waals surface area contributed by atoms with Crippen LogP contribution in [0.4, 0.5) is 0 Å². The van der Waals surface area contributed by atoms with Gasteiger partial charge in [0.15, 0.2) is 0 Å². The highest BCUT2D eigenvalue weighted by molar-refractivity contribution is 7.89. The van der Waals surface area contributed by atoms with Crippen LogP contribution in [0.5, 0.6) is 5.75 Å². The molecule has 5 heterocycles. The van der Waals surface area contributed by atoms with E-state index in [9.17, 15) is 13.2 Å². The maximum Gasteiger partial charge on any atom is 0.257 e. The summed E-state index contributed by atoms with van der Waals surface area (Å²) in [5, 5.41) is 2.16. The largest absolute Gasteiger partial charge is 0.497 e. The number of piperidine rings is 2. The predicted molar refractivity (Wildman–Crippen MR) is 184 cm³/mol. The highest BCUT2D eigenvalue weighted by Crippen LogP contribution is 2.42. The van der Waals surface area contributed by atoms with Crippen molar-refractivity contribution in [1.82, 2.24) is 29.0 Å². The molecule has 6 rings (SSSR count). The summed E-state index contributed by atoms with van der Waals surface area (Å²) in [7, 11) is -1.97. The fourth-order valence-corrected chi connectivity index (χ4v) is 10.3. The first-order valence-electron chi connectivity index (χ1n) is 16.8. The van der Waals surface area contributed by atoms with Gasteiger partial charge in [0.25, 0.3) is 5.91 Å². The van der Waals surface area contributed by atoms with E-state index in [2.05, 4.69) is 51.1 Å². The molecule has 0 aliphatic carbocycles. The molecule has 3 fully saturated rings. The molecule has 2 atom stereocenters. The van der Waals surface area contributed by atoms with Crippen LogP contribution in [0, 0.1) is 19.8 Å². The summed E-state index contributed by atoms with van der Waals surface area (Å²) in [4.78, 5) is 31.0. The number of aryl methyl sites for hydroxylation is 2. The molecule has 1 amide bonds. The predicted octanol–water partition coefficient (Wildman–Crippen LogP) is 5.01. The van der Waals surface area contributed by atoms with Crippen LogP contribution >= 0.6 is 11.3 Å². The first kappa shape index (κ1) is 34.0. The Bertz CT molecular complexity index is 1610. The minimum Gasteiger partial charge on any atom is -0.497 e. The van der Waals surface area contributed by atoms with Gasteiger partial charge in [0, 0.05) is 68.3 Å². The second-order valence-electron chi connectivity index (χ2n) is 13.6. The molecule has 0 bridgehead atoms. The third kappa shape index (κ3) is 6.85. The molecule has 3 aliphatic rings. The van der Waals surface area contributed by atoms with Crippen LogP contribution in [0.1, 0.15) is 72.2 Å². The van der Waals surface area contributed by atoms with Gasteiger partial charge in [-0.05, 0) is 95.0 Å². The maximum atomic E-state index is 13.5. The van der Waals surface area contributed by atoms with Gasteiger partial charge in [-0.15, -0.1) is 11.3 Å². The number of piperazine rings is 1. The number of amides is 1. The third-order valence-electron chi connectivity index (χ3n) is 10.8. The second kappa shape index (κ2) is 13.9. The van der Waals surface area contributed by atoms with Crippen LogP contribution in [-0.4, -0.2) is 108 Å². The number of aromatic nitrogens is 2. The van der Waals surface area contributed by atoms with Crippen molar-refractivity contribution < 1.29 is 17.9 Å². The normalized spacial score (nSPS) is 22.7. The first-order valence-corrected chi connectivity index (χ1v) is 19.1. The lowest BCUT2D eigenvalue weighted by Crippen LogP contribution is -2.62. The molecule has 0 spiro atoms. The standard InChI is InChI=1S/C35H48N6O4S2/c1-25-23-39(35(4)14-18-38(19-15-35)34(42)32-26(2)36-24-37-27(32)3)20-21-41(25)33(31-7-6-22-46-31)28-12-16-40(17-13-28)47(43,44)30-10-8-29(45-5)9-11-30/h6-11,22,24-25,28,33H,12-21,23H2,1-5H3/t25-,33-/m0/s1. The Morgan fingerprint density at radius 2 is 1.64 bits per heavy atom. The quantitative estimate of drug-likeness (QED) is 0.328. The average molecular weight is 681 g/mol. The van der Waals surface area contributed by atoms with Crippen molar-refractivity contribution in [1.29, 1.82) is 0 Å². The van der Waals surface area contributed by atoms with Gasteiger partial charge < -0.3 is 9.64 Å². The van der Waals surface area contributed by atoms with E-state index in [1.54, 1.807) is 35.7 Å². The Balaban J connectivity index is 1.09. The van der Waals surface area contributed by atoms with Crippen LogP contribution < -0.4 is 4.74 Å². The number of hydrogen-bond donors (Lipinski definition) is 0. The Labute approximate surface area is 283 Å². The molecule has 47 heavy (non-hydrogen) atoms. The molecule has 2 aromatic heterocycles. The molecule has 0 radical (unpaired) electrons. The van der Waals surface area contributed by atoms with Crippen LogP contribution in [0.2, 0.25) is 0 Å². The molecule has 0 N–H and O–H groups in total. The van der Waals surface area contributed by atoms with E-state index >= 15 is 0 Å². The van der Waals surface area contributed by atoms with Crippen LogP contribution in [0.3, 0.4) is 0 Å². The number of likely N-dealkylation sites (tertiary alicyclic amines) is 1. The second-order valence-corrected chi connectivity index (χ2v) is 16.5. The molecule has 0 saturated carbocycles. The van der Waals surface area contributed by atoms with Crippen molar-refractivity contribution in [3.63, 3.8) is 0 Å². The zero-order valence-corrected chi connectivity index (χ0v) is 29.9. The van der Waals surface area contributed by atoms with Crippen LogP contribution in [0.15, 0.2) is 53.0 Å². The monoisotopic (exact) mass is 680 g/mol. The summed E-state index contributed by atoms with van der Waals surface area (Å²) >= 11 is 1.81. The minimum atomic E-state index is -3.55. The maximum absolute atomic E-state index is 13.5. The number of rotatable bonds is 8. The first-order chi connectivity index (χ1) is 22.5. The lowest BCUT2D eigenvalue weighted by Gasteiger charge is -2.53. The fourth-order valence-electron chi connectivity index (χ4n) is 7.90. The summed E-state index contributed by atoms with van der Waals surface area (Å²) in [6.45, 7) is 13.9. The molecule has 3 aliphatic heterocycles. The SMILES string of the molecule is COc1ccc(S(=O)(=O)N2CCC([C@@H](c3cccs3)N3CCN(C4(C)CCN(C(=O)c5c(C)ncnc5C)CC4)C[C@@H]3C)CC2)cc1. The number of carbonyl (C=O) groups excluding carboxylic acids is 1. The molecule has 3 aromatic rings. The number of sulfonamides is 1. The van der Waals surface area contributed by atoms with E-state index in [0.717, 1.165) is 69.8 Å². The number of ether oxygens (including phenoxy) is 1. The number of nitrogens with zero attached hydrogens (tertiary/aromatic N) is 6. The lowest BCUT2D eigenvalue weighted by molar-refractivity contribution is -0.0415. The number of benzene rings is 1. The number of methoxy groups -OCH3 is 1. The third-order valence-corrected chi connectivity index (χ3v) is 13.7. The van der Waals surface area contributed by atoms with Gasteiger partial charge in [0.2, 0.25) is 10.0 Å². The molecular weight excluding hydrogens is 633 g/mol. The van der Waals surface area contributed by atoms with E-state index < -0.39 is 10.0 Å². The highest BCUT2D eigenvalue weighted by Gasteiger charge is 2.43. The number of carbonyl (C=O) groups is 1. The molecule has 1 aromatic carbocycles. The topological polar surface area (TPSA) is 99.2 Å². The van der Waals surface area contributed by atoms with Gasteiger partial charge in [-0.1, -0.05) is 6.07 Å². The highest BCUT2D eigenvalue weighted by atomic mass is 32.2. The Morgan fingerprint density at radius 1 is 0.979 bits per heavy atom. The average Bonchev–Trinajstić information content (AvgIpc) is 3.60. The molecule has 0 unspecified atom stereocenters. The summed E-state index contributed by atoms with van der Waals surface area (Å²) in [6.07, 6.45) is 5.06. The Kier molecular flexibility index (Phi) is 10.1. The Morgan fingerprint density at radius 3 is 2.21 bits per heavy atom. The van der Waals surface area contributed by atoms with Crippen molar-refractivity contribution in [3.8, 4) is 5.75 Å². The number of thiophene rings is 1. The minimum absolute atomic E-state index is 0.0357. The zero-order valence-electron chi connectivity index (χ0n) is 28.3. The van der Waals surface area contributed by atoms with Crippen molar-refractivity contribution in [2.75, 3.05) is 52.9 Å². The van der Waals surface area contributed by atoms with Gasteiger partial charge in [0.05, 0.1) is 29.0 Å². The van der Waals surface area contributed by atoms with E-state index in [-0.39, 0.29) is 17.5 Å². The van der Waals surface area contributed by atoms with Crippen molar-refractivity contribution in [2.24, 2.45) is 5.92 Å².